The van der Waals surface area contributed by atoms with Crippen LogP contribution >= 0.6 is 24.6 Å². The van der Waals surface area contributed by atoms with Crippen LogP contribution in [-0.4, -0.2) is 15.0 Å². The molecule has 0 fully saturated rings. The van der Waals surface area contributed by atoms with Crippen LogP contribution < -0.4 is 10.2 Å². The zero-order valence-corrected chi connectivity index (χ0v) is 20.7. The summed E-state index contributed by atoms with van der Waals surface area (Å²) in [5, 5.41) is 14.8. The molecular weight excluding hydrogens is 475 g/mol. The lowest BCUT2D eigenvalue weighted by atomic mass is 9.95. The van der Waals surface area contributed by atoms with E-state index < -0.39 is 16.4 Å². The third-order valence-corrected chi connectivity index (χ3v) is 5.82. The maximum atomic E-state index is 13.9. The van der Waals surface area contributed by atoms with Crippen LogP contribution in [-0.2, 0) is 6.54 Å². The number of nitro groups is 1. The summed E-state index contributed by atoms with van der Waals surface area (Å²) < 4.78 is 13.9. The van der Waals surface area contributed by atoms with Crippen LogP contribution in [0.5, 0.6) is 0 Å². The number of nitrogens with one attached hydrogen (secondary N) is 1. The topological polar surface area (TPSA) is 71.3 Å². The van der Waals surface area contributed by atoms with Crippen molar-refractivity contribution >= 4 is 46.8 Å². The fraction of sp³-hybridized carbons (Fsp3) is 0.280. The number of benzene rings is 2. The molecule has 2 aromatic carbocycles. The summed E-state index contributed by atoms with van der Waals surface area (Å²) in [6.45, 7) is 4.75. The lowest BCUT2D eigenvalue weighted by Gasteiger charge is -2.26. The van der Waals surface area contributed by atoms with E-state index in [1.54, 1.807) is 17.3 Å². The molecule has 0 bridgehead atoms. The largest absolute Gasteiger partial charge is 0.332 e. The van der Waals surface area contributed by atoms with Crippen LogP contribution in [0.1, 0.15) is 50.2 Å². The van der Waals surface area contributed by atoms with Gasteiger partial charge in [-0.2, -0.15) is 4.39 Å². The highest BCUT2D eigenvalue weighted by Crippen LogP contribution is 2.27. The van der Waals surface area contributed by atoms with E-state index in [0.717, 1.165) is 23.7 Å². The number of rotatable bonds is 9. The summed E-state index contributed by atoms with van der Waals surface area (Å²) in [5.41, 5.74) is 2.80. The molecule has 0 amide bonds. The van der Waals surface area contributed by atoms with Crippen molar-refractivity contribution in [3.05, 3.63) is 94.0 Å². The zero-order valence-electron chi connectivity index (χ0n) is 19.1. The number of hydrogen-bond acceptors (Lipinski definition) is 4. The van der Waals surface area contributed by atoms with Gasteiger partial charge in [-0.05, 0) is 72.1 Å². The molecule has 3 aromatic rings. The first-order chi connectivity index (χ1) is 15.9. The monoisotopic (exact) mass is 502 g/mol. The second kappa shape index (κ2) is 13.0. The smallest absolute Gasteiger partial charge is 0.306 e. The highest BCUT2D eigenvalue weighted by atomic mass is 35.5. The van der Waals surface area contributed by atoms with Gasteiger partial charge in [-0.25, -0.2) is 0 Å². The minimum absolute atomic E-state index is 0. The number of nitro benzene ring substituents is 1. The van der Waals surface area contributed by atoms with E-state index in [-0.39, 0.29) is 12.4 Å². The molecule has 1 heterocycles. The summed E-state index contributed by atoms with van der Waals surface area (Å²) in [6.07, 6.45) is 6.84. The predicted molar refractivity (Wildman–Crippen MR) is 141 cm³/mol. The van der Waals surface area contributed by atoms with E-state index in [0.29, 0.717) is 23.3 Å². The number of aromatic nitrogens is 1. The summed E-state index contributed by atoms with van der Waals surface area (Å²) in [7, 11) is 0. The van der Waals surface area contributed by atoms with Gasteiger partial charge in [0.2, 0.25) is 5.82 Å². The van der Waals surface area contributed by atoms with Crippen molar-refractivity contribution in [2.45, 2.75) is 45.6 Å². The van der Waals surface area contributed by atoms with Crippen LogP contribution in [0.3, 0.4) is 0 Å². The van der Waals surface area contributed by atoms with E-state index in [1.807, 2.05) is 24.3 Å². The molecule has 1 unspecified atom stereocenters. The number of nitrogens with zero attached hydrogens (tertiary/aromatic N) is 3. The van der Waals surface area contributed by atoms with E-state index in [2.05, 4.69) is 36.3 Å². The van der Waals surface area contributed by atoms with E-state index in [9.17, 15) is 14.5 Å². The van der Waals surface area contributed by atoms with Gasteiger partial charge in [-0.3, -0.25) is 15.1 Å². The molecule has 0 aliphatic carbocycles. The molecule has 0 saturated heterocycles. The molecule has 6 nitrogen and oxygen atoms in total. The third kappa shape index (κ3) is 7.20. The van der Waals surface area contributed by atoms with Crippen molar-refractivity contribution in [3.63, 3.8) is 0 Å². The highest BCUT2D eigenvalue weighted by molar-refractivity contribution is 7.80. The molecule has 0 aliphatic heterocycles. The van der Waals surface area contributed by atoms with E-state index in [1.165, 1.54) is 30.5 Å². The number of anilines is 2. The van der Waals surface area contributed by atoms with Gasteiger partial charge in [0.1, 0.15) is 0 Å². The zero-order chi connectivity index (χ0) is 23.8. The van der Waals surface area contributed by atoms with Crippen LogP contribution in [0.25, 0.3) is 0 Å². The van der Waals surface area contributed by atoms with Gasteiger partial charge in [0.25, 0.3) is 0 Å². The van der Waals surface area contributed by atoms with Crippen LogP contribution in [0.15, 0.2) is 67.0 Å². The fourth-order valence-electron chi connectivity index (χ4n) is 3.52. The molecule has 34 heavy (non-hydrogen) atoms. The van der Waals surface area contributed by atoms with Crippen LogP contribution in [0, 0.1) is 15.9 Å². The predicted octanol–water partition coefficient (Wildman–Crippen LogP) is 7.25. The molecule has 0 aliphatic rings. The fourth-order valence-corrected chi connectivity index (χ4v) is 3.81. The first-order valence-corrected chi connectivity index (χ1v) is 11.3. The lowest BCUT2D eigenvalue weighted by Crippen LogP contribution is -2.34. The van der Waals surface area contributed by atoms with Crippen molar-refractivity contribution in [1.29, 1.82) is 0 Å². The Morgan fingerprint density at radius 1 is 1.18 bits per heavy atom. The Morgan fingerprint density at radius 3 is 2.47 bits per heavy atom. The Hall–Kier alpha value is -3.10. The molecule has 1 atom stereocenters. The quantitative estimate of drug-likeness (QED) is 0.189. The Bertz CT molecular complexity index is 1100. The SMILES string of the molecule is CCCCC(C)c1ccc(NC(=S)N(Cc2ccncc2)c2ccc(F)c([N+](=O)[O-])c2)cc1.Cl. The minimum atomic E-state index is -0.890. The van der Waals surface area contributed by atoms with Crippen molar-refractivity contribution < 1.29 is 9.31 Å². The van der Waals surface area contributed by atoms with Gasteiger partial charge in [0.05, 0.1) is 17.2 Å². The molecule has 0 radical (unpaired) electrons. The Balaban J connectivity index is 0.00000408. The standard InChI is InChI=1S/C25H27FN4O2S.ClH/c1-3-4-5-18(2)20-6-8-21(9-7-20)28-25(33)29(17-19-12-14-27-15-13-19)22-10-11-23(26)24(16-22)30(31)32;/h6-16,18H,3-5,17H2,1-2H3,(H,28,33);1H. The number of thiocarbonyl (C=S) groups is 1. The van der Waals surface area contributed by atoms with Crippen LogP contribution in [0.4, 0.5) is 21.5 Å². The van der Waals surface area contributed by atoms with Gasteiger partial charge in [-0.15, -0.1) is 12.4 Å². The average molecular weight is 503 g/mol. The molecule has 0 saturated carbocycles. The second-order valence-corrected chi connectivity index (χ2v) is 8.32. The van der Waals surface area contributed by atoms with Crippen molar-refractivity contribution in [3.8, 4) is 0 Å². The van der Waals surface area contributed by atoms with E-state index in [4.69, 9.17) is 12.2 Å². The molecule has 3 rings (SSSR count). The Labute approximate surface area is 210 Å². The Morgan fingerprint density at radius 2 is 1.85 bits per heavy atom. The summed E-state index contributed by atoms with van der Waals surface area (Å²) >= 11 is 5.66. The molecule has 1 N–H and O–H groups in total. The maximum absolute atomic E-state index is 13.9. The minimum Gasteiger partial charge on any atom is -0.332 e. The molecule has 9 heteroatoms. The van der Waals surface area contributed by atoms with Crippen molar-refractivity contribution in [2.24, 2.45) is 0 Å². The number of pyridine rings is 1. The molecule has 0 spiro atoms. The number of unbranched alkanes of at least 4 members (excludes halogenated alkanes) is 1. The second-order valence-electron chi connectivity index (χ2n) is 7.93. The van der Waals surface area contributed by atoms with Gasteiger partial charge in [0, 0.05) is 24.1 Å². The van der Waals surface area contributed by atoms with Crippen LogP contribution in [0.2, 0.25) is 0 Å². The lowest BCUT2D eigenvalue weighted by molar-refractivity contribution is -0.387. The third-order valence-electron chi connectivity index (χ3n) is 5.49. The average Bonchev–Trinajstić information content (AvgIpc) is 2.82. The normalized spacial score (nSPS) is 11.3. The number of halogens is 2. The molecular formula is C25H28ClFN4O2S. The van der Waals surface area contributed by atoms with Gasteiger partial charge < -0.3 is 10.2 Å². The first kappa shape index (κ1) is 27.1. The maximum Gasteiger partial charge on any atom is 0.306 e. The number of hydrogen-bond donors (Lipinski definition) is 1. The van der Waals surface area contributed by atoms with Gasteiger partial charge in [0.15, 0.2) is 5.11 Å². The molecule has 180 valence electrons. The van der Waals surface area contributed by atoms with Crippen molar-refractivity contribution in [2.75, 3.05) is 10.2 Å². The van der Waals surface area contributed by atoms with Crippen molar-refractivity contribution in [1.82, 2.24) is 4.98 Å². The summed E-state index contributed by atoms with van der Waals surface area (Å²) in [6, 6.07) is 15.5. The van der Waals surface area contributed by atoms with Gasteiger partial charge >= 0.3 is 5.69 Å². The Kier molecular flexibility index (Phi) is 10.3. The first-order valence-electron chi connectivity index (χ1n) is 10.9. The van der Waals surface area contributed by atoms with Gasteiger partial charge in [-0.1, -0.05) is 38.8 Å². The highest BCUT2D eigenvalue weighted by Gasteiger charge is 2.20. The van der Waals surface area contributed by atoms with E-state index >= 15 is 0 Å². The summed E-state index contributed by atoms with van der Waals surface area (Å²) in [4.78, 5) is 16.2. The summed E-state index contributed by atoms with van der Waals surface area (Å²) in [5.74, 6) is -0.409. The molecule has 1 aromatic heterocycles.